The van der Waals surface area contributed by atoms with Crippen molar-refractivity contribution in [2.24, 2.45) is 0 Å². The van der Waals surface area contributed by atoms with Gasteiger partial charge in [0.05, 0.1) is 23.9 Å². The van der Waals surface area contributed by atoms with Gasteiger partial charge in [-0.05, 0) is 29.8 Å². The molecule has 0 aliphatic rings. The normalized spacial score (nSPS) is 10.7. The molecule has 3 aromatic rings. The fourth-order valence-corrected chi connectivity index (χ4v) is 2.48. The number of nitrogens with zero attached hydrogens (tertiary/aromatic N) is 1. The zero-order valence-electron chi connectivity index (χ0n) is 11.7. The number of para-hydroxylation sites is 1. The zero-order valence-corrected chi connectivity index (χ0v) is 11.7. The van der Waals surface area contributed by atoms with Crippen LogP contribution in [0.1, 0.15) is 15.9 Å². The highest BCUT2D eigenvalue weighted by atomic mass is 16.5. The van der Waals surface area contributed by atoms with Gasteiger partial charge in [-0.1, -0.05) is 24.3 Å². The van der Waals surface area contributed by atoms with E-state index in [2.05, 4.69) is 10.6 Å². The van der Waals surface area contributed by atoms with Gasteiger partial charge in [-0.2, -0.15) is 0 Å². The monoisotopic (exact) mass is 280 g/mol. The van der Waals surface area contributed by atoms with E-state index in [-0.39, 0.29) is 5.97 Å². The van der Waals surface area contributed by atoms with Crippen molar-refractivity contribution in [2.45, 2.75) is 6.54 Å². The van der Waals surface area contributed by atoms with Gasteiger partial charge < -0.3 is 15.0 Å². The van der Waals surface area contributed by atoms with Gasteiger partial charge in [0.15, 0.2) is 0 Å². The number of methoxy groups -OCH3 is 1. The molecule has 21 heavy (non-hydrogen) atoms. The number of hydrogen-bond acceptors (Lipinski definition) is 3. The fourth-order valence-electron chi connectivity index (χ4n) is 2.48. The lowest BCUT2D eigenvalue weighted by molar-refractivity contribution is 0.0600. The molecule has 0 radical (unpaired) electrons. The largest absolute Gasteiger partial charge is 0.465 e. The van der Waals surface area contributed by atoms with Crippen molar-refractivity contribution in [3.63, 3.8) is 0 Å². The van der Waals surface area contributed by atoms with Crippen LogP contribution in [0.5, 0.6) is 0 Å². The second-order valence-electron chi connectivity index (χ2n) is 4.92. The third kappa shape index (κ3) is 2.48. The number of esters is 1. The van der Waals surface area contributed by atoms with Gasteiger partial charge in [-0.25, -0.2) is 4.79 Å². The summed E-state index contributed by atoms with van der Waals surface area (Å²) in [6.45, 7) is 0.708. The van der Waals surface area contributed by atoms with Gasteiger partial charge in [0.2, 0.25) is 0 Å². The minimum Gasteiger partial charge on any atom is -0.465 e. The number of nitrogens with two attached hydrogens (primary N) is 1. The van der Waals surface area contributed by atoms with Crippen LogP contribution in [0.2, 0.25) is 0 Å². The lowest BCUT2D eigenvalue weighted by Crippen LogP contribution is -2.03. The molecule has 1 heterocycles. The summed E-state index contributed by atoms with van der Waals surface area (Å²) in [4.78, 5) is 11.4. The van der Waals surface area contributed by atoms with Crippen LogP contribution in [0.15, 0.2) is 54.7 Å². The Kier molecular flexibility index (Phi) is 3.36. The lowest BCUT2D eigenvalue weighted by Gasteiger charge is -2.08. The molecule has 0 bridgehead atoms. The first-order valence-electron chi connectivity index (χ1n) is 6.69. The molecule has 1 aromatic heterocycles. The summed E-state index contributed by atoms with van der Waals surface area (Å²) in [6.07, 6.45) is 2.02. The van der Waals surface area contributed by atoms with Crippen molar-refractivity contribution in [3.8, 4) is 0 Å². The van der Waals surface area contributed by atoms with Crippen molar-refractivity contribution in [2.75, 3.05) is 12.8 Å². The minimum absolute atomic E-state index is 0.322. The molecule has 0 saturated carbocycles. The molecule has 4 heteroatoms. The van der Waals surface area contributed by atoms with Crippen molar-refractivity contribution in [3.05, 3.63) is 65.9 Å². The maximum Gasteiger partial charge on any atom is 0.337 e. The molecule has 0 aliphatic carbocycles. The van der Waals surface area contributed by atoms with Crippen LogP contribution in [0.4, 0.5) is 5.69 Å². The van der Waals surface area contributed by atoms with Crippen LogP contribution < -0.4 is 5.73 Å². The van der Waals surface area contributed by atoms with Crippen LogP contribution in [0, 0.1) is 0 Å². The van der Waals surface area contributed by atoms with Gasteiger partial charge >= 0.3 is 5.97 Å². The molecule has 0 atom stereocenters. The number of fused-ring (bicyclic) bond motifs is 1. The highest BCUT2D eigenvalue weighted by molar-refractivity contribution is 5.91. The van der Waals surface area contributed by atoms with Gasteiger partial charge in [0.1, 0.15) is 0 Å². The van der Waals surface area contributed by atoms with Gasteiger partial charge in [0.25, 0.3) is 0 Å². The molecule has 0 fully saturated rings. The van der Waals surface area contributed by atoms with E-state index < -0.39 is 0 Å². The van der Waals surface area contributed by atoms with Crippen LogP contribution in [-0.4, -0.2) is 17.6 Å². The molecule has 106 valence electrons. The average molecular weight is 280 g/mol. The third-order valence-corrected chi connectivity index (χ3v) is 3.55. The molecular formula is C17H16N2O2. The molecule has 2 aromatic carbocycles. The second kappa shape index (κ2) is 5.32. The summed E-state index contributed by atoms with van der Waals surface area (Å²) >= 11 is 0. The first-order chi connectivity index (χ1) is 10.2. The minimum atomic E-state index is -0.322. The van der Waals surface area contributed by atoms with Crippen LogP contribution in [0.25, 0.3) is 10.9 Å². The number of aromatic nitrogens is 1. The Morgan fingerprint density at radius 2 is 1.90 bits per heavy atom. The molecule has 0 amide bonds. The van der Waals surface area contributed by atoms with E-state index in [4.69, 9.17) is 10.5 Å². The second-order valence-corrected chi connectivity index (χ2v) is 4.92. The number of ether oxygens (including phenoxy) is 1. The zero-order chi connectivity index (χ0) is 14.8. The number of carbonyl (C=O) groups excluding carboxylic acids is 1. The van der Waals surface area contributed by atoms with E-state index in [0.29, 0.717) is 12.1 Å². The topological polar surface area (TPSA) is 57.2 Å². The smallest absolute Gasteiger partial charge is 0.337 e. The number of rotatable bonds is 3. The number of anilines is 1. The lowest BCUT2D eigenvalue weighted by atomic mass is 10.1. The maximum absolute atomic E-state index is 11.4. The summed E-state index contributed by atoms with van der Waals surface area (Å²) in [5, 5.41) is 1.13. The summed E-state index contributed by atoms with van der Waals surface area (Å²) in [5.41, 5.74) is 9.51. The fraction of sp³-hybridized carbons (Fsp3) is 0.118. The third-order valence-electron chi connectivity index (χ3n) is 3.55. The Morgan fingerprint density at radius 1 is 1.14 bits per heavy atom. The first-order valence-corrected chi connectivity index (χ1v) is 6.69. The predicted octanol–water partition coefficient (Wildman–Crippen LogP) is 3.06. The molecular weight excluding hydrogens is 264 g/mol. The molecule has 2 N–H and O–H groups in total. The molecule has 4 nitrogen and oxygen atoms in total. The van der Waals surface area contributed by atoms with E-state index in [1.807, 2.05) is 36.5 Å². The Balaban J connectivity index is 1.90. The van der Waals surface area contributed by atoms with Crippen molar-refractivity contribution < 1.29 is 9.53 Å². The van der Waals surface area contributed by atoms with Gasteiger partial charge in [-0.15, -0.1) is 0 Å². The van der Waals surface area contributed by atoms with Gasteiger partial charge in [-0.3, -0.25) is 0 Å². The molecule has 0 unspecified atom stereocenters. The summed E-state index contributed by atoms with van der Waals surface area (Å²) in [5.74, 6) is -0.322. The summed E-state index contributed by atoms with van der Waals surface area (Å²) in [6, 6.07) is 15.4. The van der Waals surface area contributed by atoms with Crippen molar-refractivity contribution in [1.82, 2.24) is 4.57 Å². The number of benzene rings is 2. The quantitative estimate of drug-likeness (QED) is 0.592. The Labute approximate surface area is 122 Å². The van der Waals surface area contributed by atoms with Crippen LogP contribution >= 0.6 is 0 Å². The van der Waals surface area contributed by atoms with Crippen molar-refractivity contribution >= 4 is 22.6 Å². The Morgan fingerprint density at radius 3 is 2.62 bits per heavy atom. The highest BCUT2D eigenvalue weighted by Gasteiger charge is 2.07. The number of hydrogen-bond donors (Lipinski definition) is 1. The van der Waals surface area contributed by atoms with E-state index in [1.54, 1.807) is 12.1 Å². The molecule has 0 spiro atoms. The first kappa shape index (κ1) is 13.2. The Hall–Kier alpha value is -2.75. The van der Waals surface area contributed by atoms with Crippen molar-refractivity contribution in [1.29, 1.82) is 0 Å². The Bertz CT molecular complexity index is 788. The number of nitrogen functional groups attached to an aromatic ring is 1. The predicted molar refractivity (Wildman–Crippen MR) is 83.2 cm³/mol. The standard InChI is InChI=1S/C17H16N2O2/c1-21-17(20)14-7-5-12(6-8-14)11-19-10-9-13-3-2-4-15(18)16(13)19/h2-10H,11,18H2,1H3. The highest BCUT2D eigenvalue weighted by Crippen LogP contribution is 2.23. The van der Waals surface area contributed by atoms with Crippen LogP contribution in [-0.2, 0) is 11.3 Å². The molecule has 3 rings (SSSR count). The number of carbonyl (C=O) groups is 1. The summed E-state index contributed by atoms with van der Waals surface area (Å²) in [7, 11) is 1.38. The van der Waals surface area contributed by atoms with E-state index in [0.717, 1.165) is 22.2 Å². The van der Waals surface area contributed by atoms with E-state index in [1.165, 1.54) is 7.11 Å². The maximum atomic E-state index is 11.4. The summed E-state index contributed by atoms with van der Waals surface area (Å²) < 4.78 is 6.80. The molecule has 0 saturated heterocycles. The van der Waals surface area contributed by atoms with Gasteiger partial charge in [0, 0.05) is 18.1 Å². The average Bonchev–Trinajstić information content (AvgIpc) is 2.92. The van der Waals surface area contributed by atoms with Crippen LogP contribution in [0.3, 0.4) is 0 Å². The SMILES string of the molecule is COC(=O)c1ccc(Cn2ccc3cccc(N)c32)cc1. The van der Waals surface area contributed by atoms with E-state index in [9.17, 15) is 4.79 Å². The van der Waals surface area contributed by atoms with E-state index >= 15 is 0 Å². The molecule has 0 aliphatic heterocycles.